The number of fused-ring (bicyclic) bond motifs is 1. The molecule has 0 amide bonds. The van der Waals surface area contributed by atoms with Crippen LogP contribution >= 0.6 is 0 Å². The summed E-state index contributed by atoms with van der Waals surface area (Å²) < 4.78 is 111. The van der Waals surface area contributed by atoms with Gasteiger partial charge in [0.2, 0.25) is 11.5 Å². The highest BCUT2D eigenvalue weighted by Crippen LogP contribution is 2.38. The zero-order valence-corrected chi connectivity index (χ0v) is 16.6. The summed E-state index contributed by atoms with van der Waals surface area (Å²) in [7, 11) is 0. The van der Waals surface area contributed by atoms with Gasteiger partial charge in [0, 0.05) is 24.0 Å². The lowest BCUT2D eigenvalue weighted by Crippen LogP contribution is -2.19. The maximum atomic E-state index is 8.95. The predicted molar refractivity (Wildman–Crippen MR) is 117 cm³/mol. The van der Waals surface area contributed by atoms with E-state index in [1.165, 1.54) is 20.8 Å². The molecule has 0 radical (unpaired) electrons. The number of aromatic nitrogens is 2. The lowest BCUT2D eigenvalue weighted by atomic mass is 10.0. The Balaban J connectivity index is 1.93. The van der Waals surface area contributed by atoms with Crippen LogP contribution in [0.1, 0.15) is 67.1 Å². The van der Waals surface area contributed by atoms with Gasteiger partial charge >= 0.3 is 0 Å². The van der Waals surface area contributed by atoms with Gasteiger partial charge < -0.3 is 14.6 Å². The highest BCUT2D eigenvalue weighted by Gasteiger charge is 2.26. The third kappa shape index (κ3) is 3.94. The Labute approximate surface area is 193 Å². The molecule has 1 atom stereocenters. The van der Waals surface area contributed by atoms with Gasteiger partial charge in [0.1, 0.15) is 5.75 Å². The smallest absolute Gasteiger partial charge is 0.256 e. The fourth-order valence-corrected chi connectivity index (χ4v) is 2.88. The number of nitrogens with zero attached hydrogens (tertiary/aromatic N) is 3. The number of hydrogen-bond donors (Lipinski definition) is 1. The number of rotatable bonds is 7. The maximum Gasteiger partial charge on any atom is 0.256 e. The summed E-state index contributed by atoms with van der Waals surface area (Å²) in [6.45, 7) is 11.0. The van der Waals surface area contributed by atoms with E-state index < -0.39 is 97.0 Å². The molecule has 0 saturated heterocycles. The van der Waals surface area contributed by atoms with Crippen molar-refractivity contribution in [1.29, 1.82) is 0 Å². The summed E-state index contributed by atoms with van der Waals surface area (Å²) in [5.41, 5.74) is -1.38. The first kappa shape index (κ1) is 10.2. The second kappa shape index (κ2) is 8.68. The third-order valence-electron chi connectivity index (χ3n) is 4.15. The van der Waals surface area contributed by atoms with Crippen molar-refractivity contribution in [3.63, 3.8) is 0 Å². The summed E-state index contributed by atoms with van der Waals surface area (Å²) in [5.74, 6) is -1.29. The molecule has 0 fully saturated rings. The van der Waals surface area contributed by atoms with Gasteiger partial charge in [0.25, 0.3) is 5.89 Å². The van der Waals surface area contributed by atoms with Crippen molar-refractivity contribution < 1.29 is 25.7 Å². The van der Waals surface area contributed by atoms with Crippen LogP contribution < -0.4 is 10.1 Å². The Morgan fingerprint density at radius 2 is 2.37 bits per heavy atom. The van der Waals surface area contributed by atoms with E-state index in [0.717, 1.165) is 0 Å². The Hall–Kier alpha value is -3.17. The third-order valence-corrected chi connectivity index (χ3v) is 4.15. The van der Waals surface area contributed by atoms with Crippen molar-refractivity contribution in [3.05, 3.63) is 58.8 Å². The van der Waals surface area contributed by atoms with Crippen molar-refractivity contribution in [1.82, 2.24) is 15.5 Å². The second-order valence-corrected chi connectivity index (χ2v) is 6.51. The first-order valence-electron chi connectivity index (χ1n) is 15.1. The van der Waals surface area contributed by atoms with Gasteiger partial charge in [-0.3, -0.25) is 0 Å². The molecule has 154 valence electrons. The standard InChI is InChI=1S/C24H26N4O2/c1-5-13-26-20-11-10-17-18(20)7-6-8-19(17)23-27-24(30-28-23)16-9-12-22(29-15(2)3)21(14-16)25-4/h6-9,12,14-15,20,26H,5,10-11,13H2,1-3H3/t20-/m0/s1/i5D2,6D,7D,8D,9D,11D2,12D,14D,15D,20D. The predicted octanol–water partition coefficient (Wildman–Crippen LogP) is 5.73. The minimum absolute atomic E-state index is 0.0286. The molecule has 0 spiro atoms. The maximum absolute atomic E-state index is 8.95. The van der Waals surface area contributed by atoms with Gasteiger partial charge in [0.15, 0.2) is 0 Å². The minimum atomic E-state index is -2.41. The molecule has 3 aromatic rings. The zero-order valence-electron chi connectivity index (χ0n) is 28.6. The topological polar surface area (TPSA) is 64.5 Å². The summed E-state index contributed by atoms with van der Waals surface area (Å²) in [4.78, 5) is 7.42. The number of benzene rings is 2. The first-order chi connectivity index (χ1) is 19.1. The largest absolute Gasteiger partial charge is 0.502 e. The molecule has 1 aromatic heterocycles. The molecule has 1 N–H and O–H groups in total. The fraction of sp³-hybridized carbons (Fsp3) is 0.375. The second-order valence-electron chi connectivity index (χ2n) is 6.51. The molecule has 6 nitrogen and oxygen atoms in total. The van der Waals surface area contributed by atoms with Crippen molar-refractivity contribution in [3.8, 4) is 28.6 Å². The van der Waals surface area contributed by atoms with Crippen LogP contribution in [-0.4, -0.2) is 22.8 Å². The zero-order chi connectivity index (χ0) is 31.7. The van der Waals surface area contributed by atoms with Gasteiger partial charge in [-0.05, 0) is 68.8 Å². The van der Waals surface area contributed by atoms with Crippen molar-refractivity contribution in [2.24, 2.45) is 0 Å². The van der Waals surface area contributed by atoms with Gasteiger partial charge in [-0.15, -0.1) is 0 Å². The van der Waals surface area contributed by atoms with Crippen molar-refractivity contribution in [2.45, 2.75) is 52.0 Å². The van der Waals surface area contributed by atoms with Gasteiger partial charge in [-0.1, -0.05) is 30.2 Å². The number of hydrogen-bond acceptors (Lipinski definition) is 5. The molecule has 4 rings (SSSR count). The van der Waals surface area contributed by atoms with Crippen LogP contribution in [0.3, 0.4) is 0 Å². The summed E-state index contributed by atoms with van der Waals surface area (Å²) in [5, 5.41) is 6.38. The molecule has 2 aromatic carbocycles. The van der Waals surface area contributed by atoms with Gasteiger partial charge in [-0.2, -0.15) is 4.98 Å². The molecule has 0 aliphatic heterocycles. The van der Waals surface area contributed by atoms with Crippen LogP contribution in [-0.2, 0) is 6.42 Å². The molecule has 0 bridgehead atoms. The molecule has 0 saturated carbocycles. The summed E-state index contributed by atoms with van der Waals surface area (Å²) in [6, 6.07) is -5.95. The van der Waals surface area contributed by atoms with Crippen molar-refractivity contribution in [2.75, 3.05) is 6.54 Å². The van der Waals surface area contributed by atoms with Crippen LogP contribution in [0, 0.1) is 6.57 Å². The van der Waals surface area contributed by atoms with E-state index >= 15 is 0 Å². The number of ether oxygens (including phenoxy) is 1. The van der Waals surface area contributed by atoms with E-state index in [1.807, 2.05) is 0 Å². The summed E-state index contributed by atoms with van der Waals surface area (Å²) >= 11 is 0. The lowest BCUT2D eigenvalue weighted by molar-refractivity contribution is 0.244. The van der Waals surface area contributed by atoms with E-state index in [1.54, 1.807) is 0 Å². The van der Waals surface area contributed by atoms with E-state index in [-0.39, 0.29) is 22.5 Å². The molecule has 0 unspecified atom stereocenters. The lowest BCUT2D eigenvalue weighted by Gasteiger charge is -2.13. The average Bonchev–Trinajstić information content (AvgIpc) is 3.40. The van der Waals surface area contributed by atoms with E-state index in [4.69, 9.17) is 32.3 Å². The first-order valence-corrected chi connectivity index (χ1v) is 9.08. The molecular weight excluding hydrogens is 376 g/mol. The minimum Gasteiger partial charge on any atom is -0.502 e. The fourth-order valence-electron chi connectivity index (χ4n) is 2.88. The van der Waals surface area contributed by atoms with E-state index in [9.17, 15) is 0 Å². The van der Waals surface area contributed by atoms with Gasteiger partial charge in [-0.25, -0.2) is 4.85 Å². The van der Waals surface area contributed by atoms with Crippen LogP contribution in [0.25, 0.3) is 27.7 Å². The van der Waals surface area contributed by atoms with Crippen LogP contribution in [0.4, 0.5) is 5.69 Å². The van der Waals surface area contributed by atoms with E-state index in [0.29, 0.717) is 0 Å². The monoisotopic (exact) mass is 414 g/mol. The van der Waals surface area contributed by atoms with Crippen LogP contribution in [0.15, 0.2) is 40.8 Å². The van der Waals surface area contributed by atoms with Crippen molar-refractivity contribution >= 4 is 5.69 Å². The normalized spacial score (nSPS) is 25.9. The molecule has 6 heteroatoms. The Morgan fingerprint density at radius 1 is 1.50 bits per heavy atom. The molecule has 1 aliphatic carbocycles. The van der Waals surface area contributed by atoms with Gasteiger partial charge in [0.05, 0.1) is 22.2 Å². The Morgan fingerprint density at radius 3 is 3.13 bits per heavy atom. The quantitative estimate of drug-likeness (QED) is 0.500. The Kier molecular flexibility index (Phi) is 2.96. The number of nitrogens with one attached hydrogen (secondary N) is 1. The highest BCUT2D eigenvalue weighted by molar-refractivity contribution is 5.70. The van der Waals surface area contributed by atoms with Crippen LogP contribution in [0.5, 0.6) is 5.75 Å². The van der Waals surface area contributed by atoms with E-state index in [2.05, 4.69) is 20.3 Å². The highest BCUT2D eigenvalue weighted by atomic mass is 16.5. The average molecular weight is 415 g/mol. The Bertz CT molecular complexity index is 1640. The SMILES string of the molecule is [2H]c1c([2H])c(-c2noc(-c3c([2H])c([2H])c(OC([2H])(C)C)c([N+]#[C-])c3[2H])n2)c2c(c1[2H])[C@@]([2H])(NCC([2H])([2H])C)C([2H])([2H])C2. The van der Waals surface area contributed by atoms with Crippen LogP contribution in [0.2, 0.25) is 0 Å². The molecule has 1 aliphatic rings. The summed E-state index contributed by atoms with van der Waals surface area (Å²) in [6.07, 6.45) is -6.33. The molecule has 1 heterocycles. The molecule has 30 heavy (non-hydrogen) atoms. The molecular formula is C24H26N4O2.